The molecule has 5 heteroatoms. The molecular weight excluding hydrogens is 290 g/mol. The maximum absolute atomic E-state index is 11.4. The first-order valence-electron chi connectivity index (χ1n) is 7.50. The van der Waals surface area contributed by atoms with Gasteiger partial charge in [0.2, 0.25) is 0 Å². The number of aliphatic hydroxyl groups is 1. The zero-order valence-electron chi connectivity index (χ0n) is 11.9. The minimum atomic E-state index is -0.961. The van der Waals surface area contributed by atoms with Crippen LogP contribution in [0.3, 0.4) is 0 Å². The number of hydrogen-bond donors (Lipinski definition) is 2. The quantitative estimate of drug-likeness (QED) is 0.881. The lowest BCUT2D eigenvalue weighted by Gasteiger charge is -2.48. The van der Waals surface area contributed by atoms with Gasteiger partial charge in [0.15, 0.2) is 0 Å². The Morgan fingerprint density at radius 3 is 2.90 bits per heavy atom. The number of hydrogen-bond acceptors (Lipinski definition) is 3. The summed E-state index contributed by atoms with van der Waals surface area (Å²) in [5.74, 6) is -0.727. The molecule has 2 unspecified atom stereocenters. The molecule has 2 aliphatic rings. The number of aromatic carboxylic acids is 1. The van der Waals surface area contributed by atoms with Crippen LogP contribution in [0.25, 0.3) is 0 Å². The Hall–Kier alpha value is -1.26. The predicted molar refractivity (Wildman–Crippen MR) is 82.1 cm³/mol. The molecule has 114 valence electrons. The van der Waals surface area contributed by atoms with Crippen molar-refractivity contribution in [2.75, 3.05) is 18.0 Å². The first-order valence-corrected chi connectivity index (χ1v) is 7.87. The van der Waals surface area contributed by atoms with E-state index in [0.29, 0.717) is 23.7 Å². The van der Waals surface area contributed by atoms with Crippen molar-refractivity contribution in [2.24, 2.45) is 5.92 Å². The van der Waals surface area contributed by atoms with Gasteiger partial charge in [0.1, 0.15) is 0 Å². The Labute approximate surface area is 129 Å². The summed E-state index contributed by atoms with van der Waals surface area (Å²) in [5, 5.41) is 20.5. The number of halogens is 1. The molecule has 1 saturated carbocycles. The fraction of sp³-hybridized carbons (Fsp3) is 0.562. The van der Waals surface area contributed by atoms with E-state index in [1.54, 1.807) is 12.1 Å². The van der Waals surface area contributed by atoms with E-state index in [9.17, 15) is 15.0 Å². The van der Waals surface area contributed by atoms with Crippen LogP contribution in [0.5, 0.6) is 0 Å². The number of fused-ring (bicyclic) bond motifs is 1. The predicted octanol–water partition coefficient (Wildman–Crippen LogP) is 3.17. The zero-order valence-corrected chi connectivity index (χ0v) is 12.6. The molecule has 2 N–H and O–H groups in total. The summed E-state index contributed by atoms with van der Waals surface area (Å²) >= 11 is 5.91. The van der Waals surface area contributed by atoms with Crippen LogP contribution in [0.4, 0.5) is 5.69 Å². The Morgan fingerprint density at radius 1 is 1.33 bits per heavy atom. The van der Waals surface area contributed by atoms with Crippen LogP contribution in [0.1, 0.15) is 42.5 Å². The Balaban J connectivity index is 1.87. The van der Waals surface area contributed by atoms with E-state index in [2.05, 4.69) is 4.90 Å². The van der Waals surface area contributed by atoms with Crippen molar-refractivity contribution in [3.05, 3.63) is 28.8 Å². The molecule has 4 nitrogen and oxygen atoms in total. The van der Waals surface area contributed by atoms with Gasteiger partial charge in [-0.2, -0.15) is 0 Å². The van der Waals surface area contributed by atoms with Crippen molar-refractivity contribution in [1.82, 2.24) is 0 Å². The number of anilines is 1. The standard InChI is InChI=1S/C16H20ClNO3/c17-12-4-5-14(13(9-12)15(19)20)18-8-7-16(21)6-2-1-3-11(16)10-18/h4-5,9,11,21H,1-3,6-8,10H2,(H,19,20). The fourth-order valence-corrected chi connectivity index (χ4v) is 3.92. The average Bonchev–Trinajstić information content (AvgIpc) is 2.46. The molecule has 2 atom stereocenters. The van der Waals surface area contributed by atoms with E-state index in [-0.39, 0.29) is 11.5 Å². The van der Waals surface area contributed by atoms with Gasteiger partial charge in [0.05, 0.1) is 16.9 Å². The van der Waals surface area contributed by atoms with Crippen LogP contribution in [-0.4, -0.2) is 34.9 Å². The molecule has 0 aromatic heterocycles. The number of carboxylic acid groups (broad SMARTS) is 1. The van der Waals surface area contributed by atoms with E-state index < -0.39 is 11.6 Å². The molecule has 0 radical (unpaired) electrons. The van der Waals surface area contributed by atoms with Crippen molar-refractivity contribution in [2.45, 2.75) is 37.7 Å². The minimum absolute atomic E-state index is 0.234. The molecular formula is C16H20ClNO3. The highest BCUT2D eigenvalue weighted by molar-refractivity contribution is 6.31. The SMILES string of the molecule is O=C(O)c1cc(Cl)ccc1N1CCC2(O)CCCCC2C1. The highest BCUT2D eigenvalue weighted by Gasteiger charge is 2.43. The second kappa shape index (κ2) is 5.50. The smallest absolute Gasteiger partial charge is 0.337 e. The Morgan fingerprint density at radius 2 is 2.14 bits per heavy atom. The molecule has 2 fully saturated rings. The third-order valence-corrected chi connectivity index (χ3v) is 5.19. The molecule has 1 aromatic rings. The molecule has 0 bridgehead atoms. The van der Waals surface area contributed by atoms with E-state index in [1.165, 1.54) is 6.07 Å². The topological polar surface area (TPSA) is 60.8 Å². The molecule has 1 aliphatic carbocycles. The summed E-state index contributed by atoms with van der Waals surface area (Å²) < 4.78 is 0. The maximum Gasteiger partial charge on any atom is 0.337 e. The lowest BCUT2D eigenvalue weighted by molar-refractivity contribution is -0.0612. The lowest BCUT2D eigenvalue weighted by atomic mass is 9.71. The van der Waals surface area contributed by atoms with Crippen LogP contribution in [-0.2, 0) is 0 Å². The van der Waals surface area contributed by atoms with Gasteiger partial charge in [-0.3, -0.25) is 0 Å². The molecule has 1 heterocycles. The van der Waals surface area contributed by atoms with E-state index in [1.807, 2.05) is 0 Å². The van der Waals surface area contributed by atoms with Gasteiger partial charge < -0.3 is 15.1 Å². The number of benzene rings is 1. The Kier molecular flexibility index (Phi) is 3.84. The van der Waals surface area contributed by atoms with Gasteiger partial charge in [-0.05, 0) is 37.5 Å². The van der Waals surface area contributed by atoms with Crippen LogP contribution >= 0.6 is 11.6 Å². The summed E-state index contributed by atoms with van der Waals surface area (Å²) in [5.41, 5.74) is 0.396. The van der Waals surface area contributed by atoms with Crippen molar-refractivity contribution < 1.29 is 15.0 Å². The van der Waals surface area contributed by atoms with Gasteiger partial charge in [-0.25, -0.2) is 4.79 Å². The first kappa shape index (κ1) is 14.7. The minimum Gasteiger partial charge on any atom is -0.478 e. The monoisotopic (exact) mass is 309 g/mol. The number of piperidine rings is 1. The van der Waals surface area contributed by atoms with Crippen LogP contribution in [0, 0.1) is 5.92 Å². The lowest BCUT2D eigenvalue weighted by Crippen LogP contribution is -2.53. The summed E-state index contributed by atoms with van der Waals surface area (Å²) in [4.78, 5) is 13.5. The van der Waals surface area contributed by atoms with Crippen LogP contribution < -0.4 is 4.90 Å². The van der Waals surface area contributed by atoms with E-state index >= 15 is 0 Å². The highest BCUT2D eigenvalue weighted by Crippen LogP contribution is 2.41. The van der Waals surface area contributed by atoms with Gasteiger partial charge in [0.25, 0.3) is 0 Å². The van der Waals surface area contributed by atoms with Gasteiger partial charge in [-0.15, -0.1) is 0 Å². The second-order valence-electron chi connectivity index (χ2n) is 6.21. The summed E-state index contributed by atoms with van der Waals surface area (Å²) in [6, 6.07) is 5.00. The van der Waals surface area contributed by atoms with Crippen molar-refractivity contribution >= 4 is 23.3 Å². The van der Waals surface area contributed by atoms with Gasteiger partial charge >= 0.3 is 5.97 Å². The van der Waals surface area contributed by atoms with Crippen molar-refractivity contribution in [3.63, 3.8) is 0 Å². The van der Waals surface area contributed by atoms with Crippen LogP contribution in [0.15, 0.2) is 18.2 Å². The molecule has 1 saturated heterocycles. The fourth-order valence-electron chi connectivity index (χ4n) is 3.74. The zero-order chi connectivity index (χ0) is 15.0. The Bertz CT molecular complexity index is 562. The van der Waals surface area contributed by atoms with E-state index in [4.69, 9.17) is 11.6 Å². The molecule has 0 spiro atoms. The molecule has 1 aliphatic heterocycles. The summed E-state index contributed by atoms with van der Waals surface area (Å²) in [6.07, 6.45) is 4.84. The molecule has 3 rings (SSSR count). The van der Waals surface area contributed by atoms with Crippen LogP contribution in [0.2, 0.25) is 5.02 Å². The van der Waals surface area contributed by atoms with Gasteiger partial charge in [0, 0.05) is 24.0 Å². The molecule has 1 aromatic carbocycles. The highest BCUT2D eigenvalue weighted by atomic mass is 35.5. The largest absolute Gasteiger partial charge is 0.478 e. The van der Waals surface area contributed by atoms with Gasteiger partial charge in [-0.1, -0.05) is 24.4 Å². The second-order valence-corrected chi connectivity index (χ2v) is 6.65. The summed E-state index contributed by atoms with van der Waals surface area (Å²) in [6.45, 7) is 1.41. The normalized spacial score (nSPS) is 29.0. The van der Waals surface area contributed by atoms with Crippen molar-refractivity contribution in [3.8, 4) is 0 Å². The molecule has 0 amide bonds. The summed E-state index contributed by atoms with van der Waals surface area (Å²) in [7, 11) is 0. The molecule has 21 heavy (non-hydrogen) atoms. The number of rotatable bonds is 2. The first-order chi connectivity index (χ1) is 9.99. The number of nitrogens with zero attached hydrogens (tertiary/aromatic N) is 1. The third-order valence-electron chi connectivity index (χ3n) is 4.96. The average molecular weight is 310 g/mol. The maximum atomic E-state index is 11.4. The number of carbonyl (C=O) groups is 1. The number of carboxylic acids is 1. The van der Waals surface area contributed by atoms with E-state index in [0.717, 1.165) is 32.2 Å². The third kappa shape index (κ3) is 2.74. The van der Waals surface area contributed by atoms with Crippen molar-refractivity contribution in [1.29, 1.82) is 0 Å².